The lowest BCUT2D eigenvalue weighted by atomic mass is 10.2. The van der Waals surface area contributed by atoms with Gasteiger partial charge < -0.3 is 15.2 Å². The van der Waals surface area contributed by atoms with Crippen molar-refractivity contribution >= 4 is 11.6 Å². The lowest BCUT2D eigenvalue weighted by Gasteiger charge is -2.26. The topological polar surface area (TPSA) is 51.3 Å². The minimum absolute atomic E-state index is 0.0488. The second kappa shape index (κ2) is 6.19. The number of nitrogens with two attached hydrogens (primary N) is 1. The van der Waals surface area contributed by atoms with Gasteiger partial charge in [-0.1, -0.05) is 13.8 Å². The van der Waals surface area contributed by atoms with Crippen LogP contribution >= 0.6 is 0 Å². The number of nitrogens with zero attached hydrogens (tertiary/aromatic N) is 2. The third-order valence-electron chi connectivity index (χ3n) is 2.72. The molecule has 0 unspecified atom stereocenters. The molecule has 0 saturated heterocycles. The molecule has 0 aliphatic carbocycles. The summed E-state index contributed by atoms with van der Waals surface area (Å²) in [4.78, 5) is 13.1. The summed E-state index contributed by atoms with van der Waals surface area (Å²) in [6.45, 7) is 4.60. The predicted molar refractivity (Wildman–Crippen MR) is 71.3 cm³/mol. The Morgan fingerprint density at radius 3 is 2.50 bits per heavy atom. The number of rotatable bonds is 5. The second-order valence-corrected chi connectivity index (χ2v) is 5.14. The lowest BCUT2D eigenvalue weighted by Crippen LogP contribution is -2.41. The zero-order valence-corrected chi connectivity index (χ0v) is 11.9. The van der Waals surface area contributed by atoms with Gasteiger partial charge in [0.25, 0.3) is 5.91 Å². The molecule has 1 aromatic heterocycles. The van der Waals surface area contributed by atoms with Gasteiger partial charge in [-0.2, -0.15) is 13.2 Å². The van der Waals surface area contributed by atoms with Gasteiger partial charge in [0.2, 0.25) is 0 Å². The van der Waals surface area contributed by atoms with Gasteiger partial charge in [-0.15, -0.1) is 0 Å². The fraction of sp³-hybridized carbons (Fsp3) is 0.615. The van der Waals surface area contributed by atoms with Crippen LogP contribution in [0.25, 0.3) is 0 Å². The van der Waals surface area contributed by atoms with Crippen molar-refractivity contribution in [1.29, 1.82) is 0 Å². The van der Waals surface area contributed by atoms with Crippen LogP contribution in [-0.4, -0.2) is 34.6 Å². The molecule has 1 amide bonds. The van der Waals surface area contributed by atoms with E-state index in [1.165, 1.54) is 6.07 Å². The summed E-state index contributed by atoms with van der Waals surface area (Å²) < 4.78 is 39.3. The Kier molecular flexibility index (Phi) is 5.08. The fourth-order valence-corrected chi connectivity index (χ4v) is 2.01. The Hall–Kier alpha value is -1.66. The quantitative estimate of drug-likeness (QED) is 0.907. The van der Waals surface area contributed by atoms with Crippen LogP contribution in [0.1, 0.15) is 31.3 Å². The van der Waals surface area contributed by atoms with Crippen LogP contribution < -0.4 is 5.73 Å². The highest BCUT2D eigenvalue weighted by molar-refractivity contribution is 5.93. The standard InChI is InChI=1S/C13H20F3N3O/c1-4-18-7-10(17)5-11(18)12(20)19(6-9(2)3)8-13(14,15)16/h5,7,9H,4,6,8,17H2,1-3H3. The molecular formula is C13H20F3N3O. The molecule has 7 heteroatoms. The third kappa shape index (κ3) is 4.47. The number of aryl methyl sites for hydroxylation is 1. The number of amides is 1. The second-order valence-electron chi connectivity index (χ2n) is 5.14. The molecule has 0 bridgehead atoms. The number of aromatic nitrogens is 1. The number of hydrogen-bond acceptors (Lipinski definition) is 2. The zero-order chi connectivity index (χ0) is 15.5. The van der Waals surface area contributed by atoms with Crippen LogP contribution in [0.5, 0.6) is 0 Å². The summed E-state index contributed by atoms with van der Waals surface area (Å²) in [5.41, 5.74) is 6.16. The molecular weight excluding hydrogens is 271 g/mol. The molecule has 0 spiro atoms. The van der Waals surface area contributed by atoms with Gasteiger partial charge in [0.15, 0.2) is 0 Å². The smallest absolute Gasteiger partial charge is 0.397 e. The highest BCUT2D eigenvalue weighted by atomic mass is 19.4. The van der Waals surface area contributed by atoms with Gasteiger partial charge in [0.1, 0.15) is 12.2 Å². The molecule has 2 N–H and O–H groups in total. The van der Waals surface area contributed by atoms with Crippen molar-refractivity contribution in [2.45, 2.75) is 33.5 Å². The first-order chi connectivity index (χ1) is 9.14. The van der Waals surface area contributed by atoms with Gasteiger partial charge >= 0.3 is 6.18 Å². The van der Waals surface area contributed by atoms with Crippen molar-refractivity contribution in [3.8, 4) is 0 Å². The highest BCUT2D eigenvalue weighted by Crippen LogP contribution is 2.20. The van der Waals surface area contributed by atoms with Crippen molar-refractivity contribution in [2.75, 3.05) is 18.8 Å². The Labute approximate surface area is 116 Å². The van der Waals surface area contributed by atoms with Crippen LogP contribution in [0.4, 0.5) is 18.9 Å². The lowest BCUT2D eigenvalue weighted by molar-refractivity contribution is -0.141. The molecule has 4 nitrogen and oxygen atoms in total. The number of carbonyl (C=O) groups excluding carboxylic acids is 1. The molecule has 1 rings (SSSR count). The van der Waals surface area contributed by atoms with Crippen molar-refractivity contribution in [3.63, 3.8) is 0 Å². The van der Waals surface area contributed by atoms with Crippen molar-refractivity contribution < 1.29 is 18.0 Å². The zero-order valence-electron chi connectivity index (χ0n) is 11.9. The minimum atomic E-state index is -4.42. The van der Waals surface area contributed by atoms with Crippen LogP contribution in [0.15, 0.2) is 12.3 Å². The third-order valence-corrected chi connectivity index (χ3v) is 2.72. The number of alkyl halides is 3. The molecule has 0 aliphatic heterocycles. The Bertz CT molecular complexity index is 466. The van der Waals surface area contributed by atoms with E-state index in [1.807, 2.05) is 0 Å². The molecule has 0 fully saturated rings. The maximum atomic E-state index is 12.6. The van der Waals surface area contributed by atoms with Crippen molar-refractivity contribution in [2.24, 2.45) is 5.92 Å². The highest BCUT2D eigenvalue weighted by Gasteiger charge is 2.34. The molecule has 0 atom stereocenters. The summed E-state index contributed by atoms with van der Waals surface area (Å²) in [6, 6.07) is 1.41. The van der Waals surface area contributed by atoms with Gasteiger partial charge in [-0.05, 0) is 18.9 Å². The van der Waals surface area contributed by atoms with E-state index in [2.05, 4.69) is 0 Å². The van der Waals surface area contributed by atoms with Crippen molar-refractivity contribution in [3.05, 3.63) is 18.0 Å². The summed E-state index contributed by atoms with van der Waals surface area (Å²) in [5, 5.41) is 0. The number of anilines is 1. The first kappa shape index (κ1) is 16.4. The van der Waals surface area contributed by atoms with Gasteiger partial charge in [0.05, 0.1) is 5.69 Å². The molecule has 0 aliphatic rings. The van der Waals surface area contributed by atoms with E-state index in [-0.39, 0.29) is 18.2 Å². The number of halogens is 3. The van der Waals surface area contributed by atoms with Crippen LogP contribution in [-0.2, 0) is 6.54 Å². The van der Waals surface area contributed by atoms with E-state index in [0.717, 1.165) is 4.90 Å². The van der Waals surface area contributed by atoms with E-state index in [4.69, 9.17) is 5.73 Å². The Balaban J connectivity index is 3.02. The van der Waals surface area contributed by atoms with Gasteiger partial charge in [0, 0.05) is 19.3 Å². The molecule has 20 heavy (non-hydrogen) atoms. The van der Waals surface area contributed by atoms with Crippen molar-refractivity contribution in [1.82, 2.24) is 9.47 Å². The molecule has 0 radical (unpaired) electrons. The average Bonchev–Trinajstić information content (AvgIpc) is 2.66. The number of carbonyl (C=O) groups is 1. The van der Waals surface area contributed by atoms with E-state index in [9.17, 15) is 18.0 Å². The Morgan fingerprint density at radius 2 is 2.05 bits per heavy atom. The van der Waals surface area contributed by atoms with Crippen LogP contribution in [0, 0.1) is 5.92 Å². The van der Waals surface area contributed by atoms with E-state index >= 15 is 0 Å². The van der Waals surface area contributed by atoms with E-state index < -0.39 is 18.6 Å². The number of nitrogen functional groups attached to an aromatic ring is 1. The first-order valence-electron chi connectivity index (χ1n) is 6.45. The summed E-state index contributed by atoms with van der Waals surface area (Å²) in [6.07, 6.45) is -2.87. The predicted octanol–water partition coefficient (Wildman–Crippen LogP) is 2.75. The Morgan fingerprint density at radius 1 is 1.45 bits per heavy atom. The normalized spacial score (nSPS) is 11.9. The molecule has 0 saturated carbocycles. The molecule has 114 valence electrons. The van der Waals surface area contributed by atoms with Gasteiger partial charge in [-0.25, -0.2) is 0 Å². The largest absolute Gasteiger partial charge is 0.406 e. The SMILES string of the molecule is CCn1cc(N)cc1C(=O)N(CC(C)C)CC(F)(F)F. The maximum absolute atomic E-state index is 12.6. The van der Waals surface area contributed by atoms with E-state index in [1.54, 1.807) is 31.5 Å². The van der Waals surface area contributed by atoms with E-state index in [0.29, 0.717) is 12.2 Å². The summed E-state index contributed by atoms with van der Waals surface area (Å²) >= 11 is 0. The van der Waals surface area contributed by atoms with Crippen LogP contribution in [0.2, 0.25) is 0 Å². The summed E-state index contributed by atoms with van der Waals surface area (Å²) in [7, 11) is 0. The molecule has 1 aromatic rings. The van der Waals surface area contributed by atoms with Crippen LogP contribution in [0.3, 0.4) is 0 Å². The van der Waals surface area contributed by atoms with Gasteiger partial charge in [-0.3, -0.25) is 4.79 Å². The monoisotopic (exact) mass is 291 g/mol. The summed E-state index contributed by atoms with van der Waals surface area (Å²) in [5.74, 6) is -0.696. The first-order valence-corrected chi connectivity index (χ1v) is 6.45. The minimum Gasteiger partial charge on any atom is -0.397 e. The maximum Gasteiger partial charge on any atom is 0.406 e. The molecule has 1 heterocycles. The fourth-order valence-electron chi connectivity index (χ4n) is 2.01. The number of hydrogen-bond donors (Lipinski definition) is 1. The average molecular weight is 291 g/mol. The molecule has 0 aromatic carbocycles.